The molecule has 2 aromatic carbocycles. The lowest BCUT2D eigenvalue weighted by atomic mass is 9.72. The summed E-state index contributed by atoms with van der Waals surface area (Å²) in [6.45, 7) is 4.97. The van der Waals surface area contributed by atoms with E-state index in [9.17, 15) is 18.3 Å². The van der Waals surface area contributed by atoms with E-state index in [0.717, 1.165) is 76.1 Å². The summed E-state index contributed by atoms with van der Waals surface area (Å²) in [5.74, 6) is 0.629. The molecule has 1 atom stereocenters. The second-order valence-electron chi connectivity index (χ2n) is 9.88. The van der Waals surface area contributed by atoms with E-state index in [1.807, 2.05) is 24.3 Å². The maximum Gasteiger partial charge on any atom is 0.416 e. The Bertz CT molecular complexity index is 918. The fraction of sp³-hybridized carbons (Fsp3) is 0.556. The van der Waals surface area contributed by atoms with Crippen LogP contribution in [0, 0.1) is 0 Å². The molecule has 4 nitrogen and oxygen atoms in total. The lowest BCUT2D eigenvalue weighted by molar-refractivity contribution is -0.137. The SMILES string of the molecule is CN1CCN(CC(c2ccc(OCc3cccc(C(F)(F)F)c3)cc2)C2(O)CCCCC2)CC1. The van der Waals surface area contributed by atoms with Gasteiger partial charge in [0.05, 0.1) is 11.2 Å². The Labute approximate surface area is 200 Å². The number of ether oxygens (including phenoxy) is 1. The van der Waals surface area contributed by atoms with Gasteiger partial charge in [-0.05, 0) is 55.3 Å². The van der Waals surface area contributed by atoms with Gasteiger partial charge in [0.2, 0.25) is 0 Å². The first-order valence-corrected chi connectivity index (χ1v) is 12.3. The Morgan fingerprint density at radius 2 is 1.65 bits per heavy atom. The van der Waals surface area contributed by atoms with Gasteiger partial charge in [0.1, 0.15) is 12.4 Å². The first-order chi connectivity index (χ1) is 16.2. The highest BCUT2D eigenvalue weighted by atomic mass is 19.4. The van der Waals surface area contributed by atoms with Crippen LogP contribution in [0.5, 0.6) is 5.75 Å². The van der Waals surface area contributed by atoms with Crippen molar-refractivity contribution < 1.29 is 23.0 Å². The number of likely N-dealkylation sites (N-methyl/N-ethyl adjacent to an activating group) is 1. The van der Waals surface area contributed by atoms with Crippen LogP contribution in [0.3, 0.4) is 0 Å². The molecule has 0 bridgehead atoms. The molecular weight excluding hydrogens is 441 g/mol. The molecule has 7 heteroatoms. The average molecular weight is 477 g/mol. The lowest BCUT2D eigenvalue weighted by Gasteiger charge is -2.43. The summed E-state index contributed by atoms with van der Waals surface area (Å²) >= 11 is 0. The molecule has 0 radical (unpaired) electrons. The summed E-state index contributed by atoms with van der Waals surface area (Å²) in [4.78, 5) is 4.78. The van der Waals surface area contributed by atoms with Crippen molar-refractivity contribution in [2.24, 2.45) is 0 Å². The molecular formula is C27H35F3N2O2. The second kappa shape index (κ2) is 10.7. The first kappa shape index (κ1) is 25.0. The quantitative estimate of drug-likeness (QED) is 0.588. The van der Waals surface area contributed by atoms with Gasteiger partial charge in [-0.25, -0.2) is 0 Å². The third-order valence-electron chi connectivity index (χ3n) is 7.35. The zero-order valence-electron chi connectivity index (χ0n) is 19.9. The summed E-state index contributed by atoms with van der Waals surface area (Å²) in [5, 5.41) is 11.6. The molecule has 1 aliphatic heterocycles. The fourth-order valence-electron chi connectivity index (χ4n) is 5.19. The minimum absolute atomic E-state index is 0.0220. The molecule has 2 aromatic rings. The number of nitrogens with zero attached hydrogens (tertiary/aromatic N) is 2. The maximum absolute atomic E-state index is 13.0. The Kier molecular flexibility index (Phi) is 7.85. The first-order valence-electron chi connectivity index (χ1n) is 12.3. The molecule has 0 spiro atoms. The molecule has 1 unspecified atom stereocenters. The van der Waals surface area contributed by atoms with E-state index in [0.29, 0.717) is 11.3 Å². The number of halogens is 3. The molecule has 2 fully saturated rings. The van der Waals surface area contributed by atoms with E-state index in [2.05, 4.69) is 16.8 Å². The number of rotatable bonds is 7. The van der Waals surface area contributed by atoms with Gasteiger partial charge in [-0.3, -0.25) is 0 Å². The van der Waals surface area contributed by atoms with Crippen molar-refractivity contribution in [1.82, 2.24) is 9.80 Å². The number of hydrogen-bond acceptors (Lipinski definition) is 4. The monoisotopic (exact) mass is 476 g/mol. The van der Waals surface area contributed by atoms with Crippen molar-refractivity contribution in [3.63, 3.8) is 0 Å². The van der Waals surface area contributed by atoms with Gasteiger partial charge in [-0.1, -0.05) is 43.5 Å². The zero-order chi connectivity index (χ0) is 24.2. The van der Waals surface area contributed by atoms with Crippen molar-refractivity contribution in [2.75, 3.05) is 39.8 Å². The van der Waals surface area contributed by atoms with Gasteiger partial charge >= 0.3 is 6.18 Å². The van der Waals surface area contributed by atoms with Crippen molar-refractivity contribution in [2.45, 2.75) is 56.4 Å². The number of aliphatic hydroxyl groups is 1. The van der Waals surface area contributed by atoms with Crippen LogP contribution in [-0.2, 0) is 12.8 Å². The normalized spacial score (nSPS) is 20.7. The highest BCUT2D eigenvalue weighted by Gasteiger charge is 2.39. The van der Waals surface area contributed by atoms with Gasteiger partial charge in [-0.15, -0.1) is 0 Å². The lowest BCUT2D eigenvalue weighted by Crippen LogP contribution is -2.50. The predicted molar refractivity (Wildman–Crippen MR) is 127 cm³/mol. The topological polar surface area (TPSA) is 35.9 Å². The maximum atomic E-state index is 13.0. The smallest absolute Gasteiger partial charge is 0.416 e. The summed E-state index contributed by atoms with van der Waals surface area (Å²) in [5.41, 5.74) is 0.191. The second-order valence-corrected chi connectivity index (χ2v) is 9.88. The molecule has 0 aromatic heterocycles. The molecule has 1 saturated heterocycles. The van der Waals surface area contributed by atoms with Gasteiger partial charge < -0.3 is 19.6 Å². The third kappa shape index (κ3) is 6.32. The number of benzene rings is 2. The third-order valence-corrected chi connectivity index (χ3v) is 7.35. The highest BCUT2D eigenvalue weighted by molar-refractivity contribution is 5.32. The van der Waals surface area contributed by atoms with Crippen molar-refractivity contribution >= 4 is 0 Å². The van der Waals surface area contributed by atoms with E-state index in [1.54, 1.807) is 6.07 Å². The number of hydrogen-bond donors (Lipinski definition) is 1. The standard InChI is InChI=1S/C27H35F3N2O2/c1-31-14-16-32(17-15-31)19-25(26(33)12-3-2-4-13-26)22-8-10-24(11-9-22)34-20-21-6-5-7-23(18-21)27(28,29)30/h5-11,18,25,33H,2-4,12-17,19-20H2,1H3. The molecule has 1 saturated carbocycles. The van der Waals surface area contributed by atoms with Crippen LogP contribution in [0.25, 0.3) is 0 Å². The largest absolute Gasteiger partial charge is 0.489 e. The minimum atomic E-state index is -4.37. The molecule has 4 rings (SSSR count). The van der Waals surface area contributed by atoms with Crippen molar-refractivity contribution in [3.05, 3.63) is 65.2 Å². The van der Waals surface area contributed by atoms with Crippen LogP contribution >= 0.6 is 0 Å². The van der Waals surface area contributed by atoms with Crippen LogP contribution in [0.4, 0.5) is 13.2 Å². The minimum Gasteiger partial charge on any atom is -0.489 e. The van der Waals surface area contributed by atoms with Crippen LogP contribution in [0.15, 0.2) is 48.5 Å². The molecule has 1 N–H and O–H groups in total. The summed E-state index contributed by atoms with van der Waals surface area (Å²) in [6.07, 6.45) is 0.544. The summed E-state index contributed by atoms with van der Waals surface area (Å²) in [7, 11) is 2.14. The van der Waals surface area contributed by atoms with Gasteiger partial charge in [0, 0.05) is 38.6 Å². The molecule has 34 heavy (non-hydrogen) atoms. The summed E-state index contributed by atoms with van der Waals surface area (Å²) in [6, 6.07) is 13.0. The predicted octanol–water partition coefficient (Wildman–Crippen LogP) is 5.31. The summed E-state index contributed by atoms with van der Waals surface area (Å²) < 4.78 is 44.6. The Hall–Kier alpha value is -2.09. The van der Waals surface area contributed by atoms with E-state index in [1.165, 1.54) is 12.5 Å². The van der Waals surface area contributed by atoms with E-state index in [-0.39, 0.29) is 12.5 Å². The van der Waals surface area contributed by atoms with Crippen LogP contribution < -0.4 is 4.74 Å². The highest BCUT2D eigenvalue weighted by Crippen LogP contribution is 2.41. The molecule has 1 aliphatic carbocycles. The van der Waals surface area contributed by atoms with Crippen molar-refractivity contribution in [1.29, 1.82) is 0 Å². The molecule has 186 valence electrons. The molecule has 0 amide bonds. The Morgan fingerprint density at radius 1 is 0.971 bits per heavy atom. The van der Waals surface area contributed by atoms with E-state index < -0.39 is 17.3 Å². The zero-order valence-corrected chi connectivity index (χ0v) is 19.9. The molecule has 1 heterocycles. The fourth-order valence-corrected chi connectivity index (χ4v) is 5.19. The van der Waals surface area contributed by atoms with E-state index in [4.69, 9.17) is 4.74 Å². The molecule has 2 aliphatic rings. The number of alkyl halides is 3. The van der Waals surface area contributed by atoms with Crippen molar-refractivity contribution in [3.8, 4) is 5.75 Å². The van der Waals surface area contributed by atoms with Gasteiger partial charge in [0.15, 0.2) is 0 Å². The van der Waals surface area contributed by atoms with Crippen LogP contribution in [0.1, 0.15) is 54.7 Å². The van der Waals surface area contributed by atoms with Gasteiger partial charge in [0.25, 0.3) is 0 Å². The number of piperazine rings is 1. The Morgan fingerprint density at radius 3 is 2.29 bits per heavy atom. The van der Waals surface area contributed by atoms with Crippen LogP contribution in [-0.4, -0.2) is 60.3 Å². The Balaban J connectivity index is 1.45. The van der Waals surface area contributed by atoms with Gasteiger partial charge in [-0.2, -0.15) is 13.2 Å². The van der Waals surface area contributed by atoms with Crippen LogP contribution in [0.2, 0.25) is 0 Å². The average Bonchev–Trinajstić information content (AvgIpc) is 2.83. The van der Waals surface area contributed by atoms with E-state index >= 15 is 0 Å².